The molecule has 1 saturated heterocycles. The Balaban J connectivity index is 1.39. The zero-order valence-corrected chi connectivity index (χ0v) is 19.9. The summed E-state index contributed by atoms with van der Waals surface area (Å²) >= 11 is 0. The van der Waals surface area contributed by atoms with E-state index >= 15 is 0 Å². The third-order valence-corrected chi connectivity index (χ3v) is 7.15. The van der Waals surface area contributed by atoms with Crippen LogP contribution in [-0.2, 0) is 11.2 Å². The predicted molar refractivity (Wildman–Crippen MR) is 136 cm³/mol. The van der Waals surface area contributed by atoms with E-state index < -0.39 is 5.54 Å². The summed E-state index contributed by atoms with van der Waals surface area (Å²) in [6.07, 6.45) is 11.2. The molecule has 1 atom stereocenters. The molecule has 3 aliphatic rings. The summed E-state index contributed by atoms with van der Waals surface area (Å²) in [5.74, 6) is 1.57. The SMILES string of the molecule is CC(C)N/C=C(\C=N)c1ccc(Nc2ncc3c(n2)N(C2CCCC2)C2(CCNC2=O)C3)cc1. The monoisotopic (exact) mass is 459 g/mol. The molecule has 0 bridgehead atoms. The molecule has 3 heterocycles. The number of hydrogen-bond acceptors (Lipinski definition) is 7. The first kappa shape index (κ1) is 22.4. The molecule has 8 nitrogen and oxygen atoms in total. The molecule has 1 aromatic heterocycles. The summed E-state index contributed by atoms with van der Waals surface area (Å²) in [6, 6.07) is 8.58. The predicted octanol–water partition coefficient (Wildman–Crippen LogP) is 3.77. The Hall–Kier alpha value is -3.42. The van der Waals surface area contributed by atoms with Gasteiger partial charge in [-0.25, -0.2) is 4.98 Å². The number of fused-ring (bicyclic) bond motifs is 1. The van der Waals surface area contributed by atoms with Gasteiger partial charge in [-0.1, -0.05) is 25.0 Å². The highest BCUT2D eigenvalue weighted by Gasteiger charge is 2.55. The van der Waals surface area contributed by atoms with Crippen molar-refractivity contribution in [2.24, 2.45) is 0 Å². The molecule has 5 rings (SSSR count). The van der Waals surface area contributed by atoms with Gasteiger partial charge in [-0.15, -0.1) is 0 Å². The third-order valence-electron chi connectivity index (χ3n) is 7.15. The second-order valence-corrected chi connectivity index (χ2v) is 9.83. The van der Waals surface area contributed by atoms with Gasteiger partial charge in [-0.2, -0.15) is 4.98 Å². The summed E-state index contributed by atoms with van der Waals surface area (Å²) in [6.45, 7) is 4.85. The van der Waals surface area contributed by atoms with Crippen molar-refractivity contribution in [1.29, 1.82) is 5.41 Å². The van der Waals surface area contributed by atoms with Gasteiger partial charge in [0.25, 0.3) is 0 Å². The zero-order chi connectivity index (χ0) is 23.7. The first-order chi connectivity index (χ1) is 16.5. The fourth-order valence-corrected chi connectivity index (χ4v) is 5.48. The number of benzene rings is 1. The number of amides is 1. The molecule has 1 saturated carbocycles. The summed E-state index contributed by atoms with van der Waals surface area (Å²) in [5, 5.41) is 17.3. The average molecular weight is 460 g/mol. The topological polar surface area (TPSA) is 106 Å². The van der Waals surface area contributed by atoms with Crippen molar-refractivity contribution in [2.75, 3.05) is 16.8 Å². The number of nitrogens with one attached hydrogen (secondary N) is 4. The maximum atomic E-state index is 13.0. The van der Waals surface area contributed by atoms with Crippen LogP contribution in [0, 0.1) is 5.41 Å². The van der Waals surface area contributed by atoms with Crippen LogP contribution in [0.4, 0.5) is 17.5 Å². The van der Waals surface area contributed by atoms with Gasteiger partial charge in [0.2, 0.25) is 11.9 Å². The fourth-order valence-electron chi connectivity index (χ4n) is 5.48. The van der Waals surface area contributed by atoms with Crippen molar-refractivity contribution < 1.29 is 4.79 Å². The summed E-state index contributed by atoms with van der Waals surface area (Å²) in [4.78, 5) is 24.8. The highest BCUT2D eigenvalue weighted by molar-refractivity contribution is 6.08. The molecule has 4 N–H and O–H groups in total. The lowest BCUT2D eigenvalue weighted by molar-refractivity contribution is -0.123. The molecule has 1 aromatic carbocycles. The number of carbonyl (C=O) groups excluding carboxylic acids is 1. The Morgan fingerprint density at radius 3 is 2.68 bits per heavy atom. The molecule has 2 aliphatic heterocycles. The number of aromatic nitrogens is 2. The first-order valence-corrected chi connectivity index (χ1v) is 12.3. The summed E-state index contributed by atoms with van der Waals surface area (Å²) in [5.41, 5.74) is 3.21. The molecule has 2 aromatic rings. The fraction of sp³-hybridized carbons (Fsp3) is 0.462. The largest absolute Gasteiger partial charge is 0.388 e. The van der Waals surface area contributed by atoms with E-state index in [9.17, 15) is 4.79 Å². The average Bonchev–Trinajstić information content (AvgIpc) is 3.55. The van der Waals surface area contributed by atoms with Gasteiger partial charge < -0.3 is 26.3 Å². The number of carbonyl (C=O) groups is 1. The Kier molecular flexibility index (Phi) is 5.98. The normalized spacial score (nSPS) is 22.4. The minimum Gasteiger partial charge on any atom is -0.388 e. The number of nitrogens with zero attached hydrogens (tertiary/aromatic N) is 3. The minimum absolute atomic E-state index is 0.129. The highest BCUT2D eigenvalue weighted by atomic mass is 16.2. The van der Waals surface area contributed by atoms with Crippen molar-refractivity contribution in [2.45, 2.75) is 70.0 Å². The third kappa shape index (κ3) is 4.02. The van der Waals surface area contributed by atoms with Crippen molar-refractivity contribution in [1.82, 2.24) is 20.6 Å². The van der Waals surface area contributed by atoms with E-state index in [-0.39, 0.29) is 5.91 Å². The molecular weight excluding hydrogens is 426 g/mol. The smallest absolute Gasteiger partial charge is 0.246 e. The van der Waals surface area contributed by atoms with Gasteiger partial charge in [0.1, 0.15) is 11.4 Å². The second-order valence-electron chi connectivity index (χ2n) is 9.83. The van der Waals surface area contributed by atoms with Gasteiger partial charge in [-0.05, 0) is 50.8 Å². The molecule has 178 valence electrons. The molecule has 1 aliphatic carbocycles. The van der Waals surface area contributed by atoms with Gasteiger partial charge in [0.15, 0.2) is 0 Å². The van der Waals surface area contributed by atoms with Crippen LogP contribution in [0.2, 0.25) is 0 Å². The van der Waals surface area contributed by atoms with E-state index in [4.69, 9.17) is 10.4 Å². The van der Waals surface area contributed by atoms with Crippen molar-refractivity contribution in [3.63, 3.8) is 0 Å². The van der Waals surface area contributed by atoms with Crippen LogP contribution >= 0.6 is 0 Å². The zero-order valence-electron chi connectivity index (χ0n) is 19.9. The van der Waals surface area contributed by atoms with Crippen LogP contribution in [0.5, 0.6) is 0 Å². The maximum absolute atomic E-state index is 13.0. The minimum atomic E-state index is -0.508. The van der Waals surface area contributed by atoms with Crippen LogP contribution in [0.25, 0.3) is 5.57 Å². The summed E-state index contributed by atoms with van der Waals surface area (Å²) < 4.78 is 0. The lowest BCUT2D eigenvalue weighted by Gasteiger charge is -2.38. The Morgan fingerprint density at radius 2 is 2.03 bits per heavy atom. The molecule has 1 spiro atoms. The van der Waals surface area contributed by atoms with Crippen LogP contribution in [0.15, 0.2) is 36.7 Å². The van der Waals surface area contributed by atoms with Crippen molar-refractivity contribution >= 4 is 35.1 Å². The van der Waals surface area contributed by atoms with E-state index in [2.05, 4.69) is 39.7 Å². The first-order valence-electron chi connectivity index (χ1n) is 12.3. The standard InChI is InChI=1S/C26H33N7O/c1-17(2)29-16-20(14-27)18-7-9-21(10-8-18)31-25-30-15-19-13-26(11-12-28-24(26)34)33(23(19)32-25)22-5-3-4-6-22/h7-10,14-17,22,27,29H,3-6,11-13H2,1-2H3,(H,28,34)(H,30,31,32)/b20-16+,27-14?. The number of anilines is 3. The van der Waals surface area contributed by atoms with Crippen LogP contribution in [0.3, 0.4) is 0 Å². The highest BCUT2D eigenvalue weighted by Crippen LogP contribution is 2.46. The van der Waals surface area contributed by atoms with Crippen molar-refractivity contribution in [3.05, 3.63) is 47.8 Å². The number of allylic oxidation sites excluding steroid dienone is 1. The lowest BCUT2D eigenvalue weighted by atomic mass is 9.91. The molecular formula is C26H33N7O. The quantitative estimate of drug-likeness (QED) is 0.470. The van der Waals surface area contributed by atoms with E-state index in [1.165, 1.54) is 19.1 Å². The molecule has 1 amide bonds. The molecule has 2 fully saturated rings. The van der Waals surface area contributed by atoms with Crippen LogP contribution in [0.1, 0.15) is 57.1 Å². The molecule has 8 heteroatoms. The molecule has 0 radical (unpaired) electrons. The van der Waals surface area contributed by atoms with E-state index in [1.807, 2.05) is 36.7 Å². The van der Waals surface area contributed by atoms with Crippen LogP contribution in [-0.4, -0.2) is 46.3 Å². The maximum Gasteiger partial charge on any atom is 0.246 e. The Morgan fingerprint density at radius 1 is 1.26 bits per heavy atom. The van der Waals surface area contributed by atoms with E-state index in [0.29, 0.717) is 24.5 Å². The van der Waals surface area contributed by atoms with E-state index in [0.717, 1.165) is 54.0 Å². The molecule has 34 heavy (non-hydrogen) atoms. The van der Waals surface area contributed by atoms with Gasteiger partial charge in [-0.3, -0.25) is 4.79 Å². The molecule has 1 unspecified atom stereocenters. The lowest BCUT2D eigenvalue weighted by Crippen LogP contribution is -2.56. The summed E-state index contributed by atoms with van der Waals surface area (Å²) in [7, 11) is 0. The second kappa shape index (κ2) is 9.08. The van der Waals surface area contributed by atoms with Gasteiger partial charge in [0, 0.05) is 60.5 Å². The van der Waals surface area contributed by atoms with Gasteiger partial charge >= 0.3 is 0 Å². The van der Waals surface area contributed by atoms with Crippen molar-refractivity contribution in [3.8, 4) is 0 Å². The Labute approximate surface area is 200 Å². The Bertz CT molecular complexity index is 1100. The van der Waals surface area contributed by atoms with E-state index in [1.54, 1.807) is 0 Å². The number of rotatable bonds is 7. The number of hydrogen-bond donors (Lipinski definition) is 4. The van der Waals surface area contributed by atoms with Crippen LogP contribution < -0.4 is 20.9 Å². The van der Waals surface area contributed by atoms with Gasteiger partial charge in [0.05, 0.1) is 0 Å².